The molecule has 3 heterocycles. The number of aliphatic hydroxyl groups excluding tert-OH is 2. The Kier molecular flexibility index (Phi) is 4.41. The molecule has 1 saturated heterocycles. The Bertz CT molecular complexity index is 653. The van der Waals surface area contributed by atoms with E-state index in [0.29, 0.717) is 30.1 Å². The summed E-state index contributed by atoms with van der Waals surface area (Å²) in [5, 5.41) is 23.2. The van der Waals surface area contributed by atoms with Gasteiger partial charge in [-0.05, 0) is 0 Å². The normalized spacial score (nSPS) is 28.4. The number of quaternary nitrogens is 1. The Hall–Kier alpha value is -1.52. The van der Waals surface area contributed by atoms with Crippen molar-refractivity contribution >= 4 is 28.6 Å². The van der Waals surface area contributed by atoms with Crippen LogP contribution in [0.2, 0.25) is 0 Å². The zero-order valence-electron chi connectivity index (χ0n) is 11.8. The third kappa shape index (κ3) is 2.50. The second-order valence-electron chi connectivity index (χ2n) is 5.03. The third-order valence-corrected chi connectivity index (χ3v) is 3.90. The summed E-state index contributed by atoms with van der Waals surface area (Å²) in [7, 11) is 0. The molecule has 0 spiro atoms. The highest BCUT2D eigenvalue weighted by molar-refractivity contribution is 6.18. The van der Waals surface area contributed by atoms with Crippen LogP contribution < -0.4 is 11.1 Å². The lowest BCUT2D eigenvalue weighted by Crippen LogP contribution is -2.53. The topological polar surface area (TPSA) is 133 Å². The van der Waals surface area contributed by atoms with Crippen molar-refractivity contribution in [1.82, 2.24) is 19.5 Å². The molecular weight excluding hydrogens is 312 g/mol. The highest BCUT2D eigenvalue weighted by atomic mass is 35.5. The van der Waals surface area contributed by atoms with Crippen LogP contribution in [0, 0.1) is 0 Å². The molecule has 0 radical (unpaired) electrons. The van der Waals surface area contributed by atoms with Gasteiger partial charge in [0.1, 0.15) is 24.6 Å². The Morgan fingerprint density at radius 1 is 1.32 bits per heavy atom. The number of halogens is 1. The monoisotopic (exact) mass is 329 g/mol. The zero-order valence-corrected chi connectivity index (χ0v) is 12.5. The number of nitrogens with one attached hydrogen (secondary N) is 1. The molecule has 0 saturated carbocycles. The fourth-order valence-corrected chi connectivity index (χ4v) is 2.72. The van der Waals surface area contributed by atoms with Gasteiger partial charge in [0.15, 0.2) is 23.2 Å². The molecule has 0 aliphatic carbocycles. The van der Waals surface area contributed by atoms with Crippen LogP contribution in [-0.2, 0) is 4.74 Å². The van der Waals surface area contributed by atoms with Crippen LogP contribution in [-0.4, -0.2) is 67.0 Å². The molecule has 1 aliphatic heterocycles. The van der Waals surface area contributed by atoms with E-state index in [1.54, 1.807) is 4.57 Å². The van der Waals surface area contributed by atoms with Gasteiger partial charge >= 0.3 is 0 Å². The van der Waals surface area contributed by atoms with Crippen molar-refractivity contribution in [3.63, 3.8) is 0 Å². The van der Waals surface area contributed by atoms with Gasteiger partial charge in [-0.2, -0.15) is 0 Å². The van der Waals surface area contributed by atoms with E-state index in [-0.39, 0.29) is 5.88 Å². The molecule has 0 bridgehead atoms. The highest BCUT2D eigenvalue weighted by Crippen LogP contribution is 2.32. The summed E-state index contributed by atoms with van der Waals surface area (Å²) in [5.41, 5.74) is 4.83. The van der Waals surface area contributed by atoms with Crippen molar-refractivity contribution in [1.29, 1.82) is 0 Å². The molecule has 2 aromatic heterocycles. The molecule has 4 atom stereocenters. The number of alkyl halides is 1. The summed E-state index contributed by atoms with van der Waals surface area (Å²) >= 11 is 5.73. The molecule has 3 rings (SSSR count). The standard InChI is InChI=1S/C12H17ClN6O3/c13-3-6-8(20)9(21)12(22-6)19-5-18-7-10(15-2-1-14)16-4-17-11(7)19/h4-6,8-9,12,20-21H,1-3,14H2,(H,15,16,17)/p+1/t6-,8?,9+,12-/m1/s1. The van der Waals surface area contributed by atoms with Gasteiger partial charge in [-0.25, -0.2) is 15.0 Å². The van der Waals surface area contributed by atoms with E-state index in [0.717, 1.165) is 0 Å². The molecule has 1 unspecified atom stereocenters. The average molecular weight is 330 g/mol. The maximum atomic E-state index is 10.2. The predicted molar refractivity (Wildman–Crippen MR) is 78.2 cm³/mol. The molecule has 120 valence electrons. The maximum Gasteiger partial charge on any atom is 0.167 e. The van der Waals surface area contributed by atoms with Crippen LogP contribution in [0.4, 0.5) is 5.82 Å². The average Bonchev–Trinajstić information content (AvgIpc) is 3.08. The van der Waals surface area contributed by atoms with Crippen LogP contribution in [0.5, 0.6) is 0 Å². The molecule has 1 aliphatic rings. The summed E-state index contributed by atoms with van der Waals surface area (Å²) < 4.78 is 7.19. The molecule has 0 amide bonds. The van der Waals surface area contributed by atoms with Gasteiger partial charge in [-0.15, -0.1) is 11.6 Å². The molecular formula is C12H18ClN6O3+. The second-order valence-corrected chi connectivity index (χ2v) is 5.34. The Morgan fingerprint density at radius 3 is 2.82 bits per heavy atom. The largest absolute Gasteiger partial charge is 0.387 e. The number of imidazole rings is 1. The number of ether oxygens (including phenoxy) is 1. The minimum Gasteiger partial charge on any atom is -0.387 e. The van der Waals surface area contributed by atoms with Crippen LogP contribution in [0.15, 0.2) is 12.7 Å². The molecule has 10 heteroatoms. The number of hydrogen-bond acceptors (Lipinski definition) is 7. The summed E-state index contributed by atoms with van der Waals surface area (Å²) in [4.78, 5) is 12.6. The Morgan fingerprint density at radius 2 is 2.14 bits per heavy atom. The van der Waals surface area contributed by atoms with E-state index >= 15 is 0 Å². The van der Waals surface area contributed by atoms with Gasteiger partial charge in [0.05, 0.1) is 25.3 Å². The number of hydrogen-bond donors (Lipinski definition) is 4. The first-order valence-electron chi connectivity index (χ1n) is 6.95. The van der Waals surface area contributed by atoms with E-state index < -0.39 is 24.5 Å². The highest BCUT2D eigenvalue weighted by Gasteiger charge is 2.43. The Labute approximate surface area is 131 Å². The van der Waals surface area contributed by atoms with E-state index in [4.69, 9.17) is 16.3 Å². The molecule has 22 heavy (non-hydrogen) atoms. The van der Waals surface area contributed by atoms with Gasteiger partial charge in [-0.3, -0.25) is 4.57 Å². The minimum absolute atomic E-state index is 0.0899. The number of aromatic nitrogens is 4. The van der Waals surface area contributed by atoms with Gasteiger partial charge in [0.25, 0.3) is 0 Å². The lowest BCUT2D eigenvalue weighted by molar-refractivity contribution is -0.362. The minimum atomic E-state index is -1.10. The summed E-state index contributed by atoms with van der Waals surface area (Å²) in [6.07, 6.45) is -0.670. The molecule has 2 aromatic rings. The van der Waals surface area contributed by atoms with Gasteiger partial charge in [0, 0.05) is 0 Å². The van der Waals surface area contributed by atoms with Gasteiger partial charge < -0.3 is 26.0 Å². The molecule has 0 aromatic carbocycles. The number of anilines is 1. The SMILES string of the molecule is [NH3+]CCNc1ncnc2c1ncn2[C@@H]1O[C@H](CCl)C(O)[C@@H]1O. The predicted octanol–water partition coefficient (Wildman–Crippen LogP) is -1.66. The number of fused-ring (bicyclic) bond motifs is 1. The fraction of sp³-hybridized carbons (Fsp3) is 0.583. The summed E-state index contributed by atoms with van der Waals surface area (Å²) in [6.45, 7) is 1.37. The summed E-state index contributed by atoms with van der Waals surface area (Å²) in [6, 6.07) is 0. The van der Waals surface area contributed by atoms with Crippen molar-refractivity contribution in [2.45, 2.75) is 24.5 Å². The first-order chi connectivity index (χ1) is 10.7. The number of aliphatic hydroxyl groups is 2. The number of nitrogens with zero attached hydrogens (tertiary/aromatic N) is 4. The van der Waals surface area contributed by atoms with E-state index in [9.17, 15) is 10.2 Å². The van der Waals surface area contributed by atoms with Crippen molar-refractivity contribution < 1.29 is 20.7 Å². The lowest BCUT2D eigenvalue weighted by Gasteiger charge is -2.16. The molecule has 9 nitrogen and oxygen atoms in total. The van der Waals surface area contributed by atoms with Crippen molar-refractivity contribution in [3.05, 3.63) is 12.7 Å². The molecule has 1 fully saturated rings. The van der Waals surface area contributed by atoms with E-state index in [2.05, 4.69) is 26.0 Å². The van der Waals surface area contributed by atoms with Crippen LogP contribution in [0.25, 0.3) is 11.2 Å². The van der Waals surface area contributed by atoms with Crippen LogP contribution in [0.1, 0.15) is 6.23 Å². The first kappa shape index (κ1) is 15.4. The van der Waals surface area contributed by atoms with Crippen molar-refractivity contribution in [3.8, 4) is 0 Å². The third-order valence-electron chi connectivity index (χ3n) is 3.59. The van der Waals surface area contributed by atoms with Gasteiger partial charge in [-0.1, -0.05) is 0 Å². The lowest BCUT2D eigenvalue weighted by atomic mass is 10.1. The van der Waals surface area contributed by atoms with Gasteiger partial charge in [0.2, 0.25) is 0 Å². The molecule has 6 N–H and O–H groups in total. The zero-order chi connectivity index (χ0) is 15.7. The Balaban J connectivity index is 1.95. The van der Waals surface area contributed by atoms with Crippen LogP contribution in [0.3, 0.4) is 0 Å². The quantitative estimate of drug-likeness (QED) is 0.482. The fourth-order valence-electron chi connectivity index (χ4n) is 2.46. The van der Waals surface area contributed by atoms with Crippen molar-refractivity contribution in [2.24, 2.45) is 0 Å². The smallest absolute Gasteiger partial charge is 0.167 e. The van der Waals surface area contributed by atoms with E-state index in [1.165, 1.54) is 12.7 Å². The first-order valence-corrected chi connectivity index (χ1v) is 7.49. The van der Waals surface area contributed by atoms with E-state index in [1.807, 2.05) is 0 Å². The van der Waals surface area contributed by atoms with Crippen molar-refractivity contribution in [2.75, 3.05) is 24.3 Å². The maximum absolute atomic E-state index is 10.2. The number of rotatable bonds is 5. The second kappa shape index (κ2) is 6.31. The summed E-state index contributed by atoms with van der Waals surface area (Å²) in [5.74, 6) is 0.682. The van der Waals surface area contributed by atoms with Crippen LogP contribution >= 0.6 is 11.6 Å².